The smallest absolute Gasteiger partial charge is 0.422 e. The first-order valence-corrected chi connectivity index (χ1v) is 4.19. The SMILES string of the molecule is COc1cccc(N(Br)C(=O)O)c1. The van der Waals surface area contributed by atoms with Gasteiger partial charge in [-0.25, -0.2) is 8.72 Å². The summed E-state index contributed by atoms with van der Waals surface area (Å²) >= 11 is 2.89. The van der Waals surface area contributed by atoms with E-state index in [4.69, 9.17) is 9.84 Å². The molecule has 0 atom stereocenters. The highest BCUT2D eigenvalue weighted by Gasteiger charge is 2.10. The van der Waals surface area contributed by atoms with Crippen LogP contribution in [0, 0.1) is 0 Å². The fourth-order valence-electron chi connectivity index (χ4n) is 0.843. The molecule has 4 nitrogen and oxygen atoms in total. The Hall–Kier alpha value is -1.23. The molecule has 1 aromatic rings. The maximum absolute atomic E-state index is 10.5. The van der Waals surface area contributed by atoms with Crippen LogP contribution in [-0.4, -0.2) is 18.3 Å². The van der Waals surface area contributed by atoms with Crippen molar-refractivity contribution in [1.29, 1.82) is 0 Å². The van der Waals surface area contributed by atoms with Crippen LogP contribution in [0.1, 0.15) is 0 Å². The van der Waals surface area contributed by atoms with E-state index in [9.17, 15) is 4.79 Å². The maximum atomic E-state index is 10.5. The number of nitrogens with zero attached hydrogens (tertiary/aromatic N) is 1. The Morgan fingerprint density at radius 2 is 2.31 bits per heavy atom. The molecular weight excluding hydrogens is 238 g/mol. The van der Waals surface area contributed by atoms with Crippen molar-refractivity contribution < 1.29 is 14.6 Å². The molecule has 0 aliphatic rings. The second-order valence-electron chi connectivity index (χ2n) is 2.26. The molecule has 0 saturated heterocycles. The normalized spacial score (nSPS) is 9.38. The molecule has 0 saturated carbocycles. The Kier molecular flexibility index (Phi) is 3.13. The third-order valence-corrected chi connectivity index (χ3v) is 2.16. The standard InChI is InChI=1S/C8H8BrNO3/c1-13-7-4-2-3-6(5-7)10(9)8(11)12/h2-5H,1H3,(H,11,12). The highest BCUT2D eigenvalue weighted by molar-refractivity contribution is 9.10. The van der Waals surface area contributed by atoms with Gasteiger partial charge in [0.25, 0.3) is 0 Å². The molecule has 0 fully saturated rings. The lowest BCUT2D eigenvalue weighted by Gasteiger charge is -2.10. The van der Waals surface area contributed by atoms with Gasteiger partial charge in [0, 0.05) is 6.07 Å². The largest absolute Gasteiger partial charge is 0.497 e. The van der Waals surface area contributed by atoms with Gasteiger partial charge < -0.3 is 9.84 Å². The molecule has 70 valence electrons. The predicted molar refractivity (Wildman–Crippen MR) is 52.4 cm³/mol. The number of rotatable bonds is 2. The molecule has 1 N–H and O–H groups in total. The lowest BCUT2D eigenvalue weighted by atomic mass is 10.3. The zero-order valence-electron chi connectivity index (χ0n) is 6.90. The molecule has 5 heteroatoms. The Morgan fingerprint density at radius 3 is 2.85 bits per heavy atom. The van der Waals surface area contributed by atoms with E-state index < -0.39 is 6.09 Å². The Labute approximate surface area is 84.1 Å². The molecule has 0 bridgehead atoms. The minimum Gasteiger partial charge on any atom is -0.497 e. The zero-order valence-corrected chi connectivity index (χ0v) is 8.48. The zero-order chi connectivity index (χ0) is 9.84. The van der Waals surface area contributed by atoms with Crippen LogP contribution in [0.15, 0.2) is 24.3 Å². The van der Waals surface area contributed by atoms with E-state index in [2.05, 4.69) is 16.1 Å². The van der Waals surface area contributed by atoms with Gasteiger partial charge in [-0.3, -0.25) is 0 Å². The number of hydrogen-bond donors (Lipinski definition) is 1. The second-order valence-corrected chi connectivity index (χ2v) is 2.97. The van der Waals surface area contributed by atoms with Crippen LogP contribution in [0.3, 0.4) is 0 Å². The quantitative estimate of drug-likeness (QED) is 0.815. The van der Waals surface area contributed by atoms with E-state index in [-0.39, 0.29) is 0 Å². The molecule has 0 radical (unpaired) electrons. The number of halogens is 1. The molecule has 0 aliphatic carbocycles. The monoisotopic (exact) mass is 245 g/mol. The van der Waals surface area contributed by atoms with Crippen LogP contribution in [0.4, 0.5) is 10.5 Å². The van der Waals surface area contributed by atoms with Crippen LogP contribution in [0.5, 0.6) is 5.75 Å². The Bertz CT molecular complexity index is 316. The van der Waals surface area contributed by atoms with Crippen LogP contribution in [0.2, 0.25) is 0 Å². The molecule has 13 heavy (non-hydrogen) atoms. The minimum atomic E-state index is -1.08. The first kappa shape index (κ1) is 9.85. The van der Waals surface area contributed by atoms with Crippen molar-refractivity contribution in [3.8, 4) is 5.75 Å². The Morgan fingerprint density at radius 1 is 1.62 bits per heavy atom. The van der Waals surface area contributed by atoms with Gasteiger partial charge in [-0.2, -0.15) is 0 Å². The number of amides is 1. The fourth-order valence-corrected chi connectivity index (χ4v) is 1.06. The topological polar surface area (TPSA) is 49.8 Å². The van der Waals surface area contributed by atoms with Crippen molar-refractivity contribution in [2.24, 2.45) is 0 Å². The molecular formula is C8H8BrNO3. The van der Waals surface area contributed by atoms with Gasteiger partial charge in [0.2, 0.25) is 0 Å². The number of ether oxygens (including phenoxy) is 1. The van der Waals surface area contributed by atoms with E-state index in [1.165, 1.54) is 7.11 Å². The van der Waals surface area contributed by atoms with Crippen LogP contribution < -0.4 is 8.66 Å². The van der Waals surface area contributed by atoms with Crippen LogP contribution >= 0.6 is 16.1 Å². The van der Waals surface area contributed by atoms with Gasteiger partial charge in [-0.1, -0.05) is 6.07 Å². The van der Waals surface area contributed by atoms with E-state index >= 15 is 0 Å². The summed E-state index contributed by atoms with van der Waals surface area (Å²) in [5.74, 6) is 0.614. The summed E-state index contributed by atoms with van der Waals surface area (Å²) in [4.78, 5) is 10.5. The lowest BCUT2D eigenvalue weighted by Crippen LogP contribution is -2.16. The number of carbonyl (C=O) groups is 1. The molecule has 1 amide bonds. The van der Waals surface area contributed by atoms with E-state index in [0.29, 0.717) is 11.4 Å². The summed E-state index contributed by atoms with van der Waals surface area (Å²) in [5, 5.41) is 8.64. The van der Waals surface area contributed by atoms with Gasteiger partial charge in [-0.05, 0) is 12.1 Å². The summed E-state index contributed by atoms with van der Waals surface area (Å²) < 4.78 is 5.88. The van der Waals surface area contributed by atoms with Gasteiger partial charge in [0.1, 0.15) is 5.75 Å². The van der Waals surface area contributed by atoms with Gasteiger partial charge in [0.05, 0.1) is 28.9 Å². The fraction of sp³-hybridized carbons (Fsp3) is 0.125. The lowest BCUT2D eigenvalue weighted by molar-refractivity contribution is 0.207. The average Bonchev–Trinajstić information content (AvgIpc) is 2.16. The number of benzene rings is 1. The van der Waals surface area contributed by atoms with Crippen LogP contribution in [-0.2, 0) is 0 Å². The molecule has 0 heterocycles. The van der Waals surface area contributed by atoms with Crippen molar-refractivity contribution in [2.45, 2.75) is 0 Å². The Balaban J connectivity index is 2.94. The van der Waals surface area contributed by atoms with Crippen molar-refractivity contribution in [2.75, 3.05) is 11.0 Å². The minimum absolute atomic E-state index is 0.506. The predicted octanol–water partition coefficient (Wildman–Crippen LogP) is 2.49. The molecule has 0 unspecified atom stereocenters. The average molecular weight is 246 g/mol. The first-order chi connectivity index (χ1) is 6.15. The van der Waals surface area contributed by atoms with E-state index in [1.54, 1.807) is 24.3 Å². The number of carboxylic acid groups (broad SMARTS) is 1. The van der Waals surface area contributed by atoms with Crippen LogP contribution in [0.25, 0.3) is 0 Å². The summed E-state index contributed by atoms with van der Waals surface area (Å²) in [6.07, 6.45) is -1.08. The van der Waals surface area contributed by atoms with Crippen molar-refractivity contribution in [3.63, 3.8) is 0 Å². The van der Waals surface area contributed by atoms with Gasteiger partial charge in [0.15, 0.2) is 0 Å². The van der Waals surface area contributed by atoms with Crippen molar-refractivity contribution in [3.05, 3.63) is 24.3 Å². The molecule has 1 aromatic carbocycles. The third kappa shape index (κ3) is 2.35. The van der Waals surface area contributed by atoms with E-state index in [0.717, 1.165) is 3.93 Å². The number of methoxy groups -OCH3 is 1. The van der Waals surface area contributed by atoms with Crippen molar-refractivity contribution >= 4 is 27.9 Å². The first-order valence-electron chi connectivity index (χ1n) is 3.48. The third-order valence-electron chi connectivity index (χ3n) is 1.45. The number of hydrogen-bond acceptors (Lipinski definition) is 2. The molecule has 0 aromatic heterocycles. The van der Waals surface area contributed by atoms with Crippen molar-refractivity contribution in [1.82, 2.24) is 0 Å². The highest BCUT2D eigenvalue weighted by Crippen LogP contribution is 2.23. The molecule has 0 aliphatic heterocycles. The summed E-state index contributed by atoms with van der Waals surface area (Å²) in [6.45, 7) is 0. The second kappa shape index (κ2) is 4.13. The number of anilines is 1. The maximum Gasteiger partial charge on any atom is 0.422 e. The van der Waals surface area contributed by atoms with Gasteiger partial charge >= 0.3 is 6.09 Å². The van der Waals surface area contributed by atoms with E-state index in [1.807, 2.05) is 0 Å². The summed E-state index contributed by atoms with van der Waals surface area (Å²) in [6, 6.07) is 6.73. The molecule has 1 rings (SSSR count). The van der Waals surface area contributed by atoms with Gasteiger partial charge in [-0.15, -0.1) is 0 Å². The summed E-state index contributed by atoms with van der Waals surface area (Å²) in [5.41, 5.74) is 0.506. The summed E-state index contributed by atoms with van der Waals surface area (Å²) in [7, 11) is 1.53. The molecule has 0 spiro atoms. The highest BCUT2D eigenvalue weighted by atomic mass is 79.9.